The molecule has 0 amide bonds. The van der Waals surface area contributed by atoms with Gasteiger partial charge in [0.2, 0.25) is 0 Å². The van der Waals surface area contributed by atoms with Crippen LogP contribution in [0.3, 0.4) is 0 Å². The Kier molecular flexibility index (Phi) is 13.8. The maximum atomic E-state index is 5.78. The van der Waals surface area contributed by atoms with Crippen LogP contribution in [0.25, 0.3) is 0 Å². The molecule has 0 aliphatic heterocycles. The van der Waals surface area contributed by atoms with Gasteiger partial charge in [-0.05, 0) is 30.4 Å². The van der Waals surface area contributed by atoms with E-state index in [9.17, 15) is 0 Å². The summed E-state index contributed by atoms with van der Waals surface area (Å²) in [6.45, 7) is 9.36. The molecule has 0 saturated heterocycles. The van der Waals surface area contributed by atoms with Crippen LogP contribution in [0.1, 0.15) is 38.3 Å². The zero-order valence-electron chi connectivity index (χ0n) is 16.2. The Labute approximate surface area is 170 Å². The fourth-order valence-electron chi connectivity index (χ4n) is 2.58. The van der Waals surface area contributed by atoms with E-state index in [-0.39, 0.29) is 30.1 Å². The van der Waals surface area contributed by atoms with E-state index in [4.69, 9.17) is 9.47 Å². The number of aliphatic imine (C=N–C) groups is 1. The lowest BCUT2D eigenvalue weighted by atomic mass is 10.0. The molecule has 0 fully saturated rings. The Balaban J connectivity index is 0.00000576. The van der Waals surface area contributed by atoms with Crippen LogP contribution >= 0.6 is 24.0 Å². The Morgan fingerprint density at radius 3 is 2.40 bits per heavy atom. The number of guanidine groups is 1. The molecule has 1 aromatic carbocycles. The molecule has 2 N–H and O–H groups in total. The number of benzene rings is 1. The van der Waals surface area contributed by atoms with Gasteiger partial charge in [0, 0.05) is 33.9 Å². The summed E-state index contributed by atoms with van der Waals surface area (Å²) in [6, 6.07) is 8.27. The standard InChI is InChI=1S/C19H33N3O2.HI/c1-6-24-18(15(2)3)11-12-21-19(20-4)22-13-16-9-7-8-10-17(16)14-23-5;/h7-10,15,18H,6,11-14H2,1-5H3,(H2,20,21,22);1H. The van der Waals surface area contributed by atoms with Crippen LogP contribution in [0.4, 0.5) is 0 Å². The van der Waals surface area contributed by atoms with Crippen molar-refractivity contribution >= 4 is 29.9 Å². The molecule has 0 saturated carbocycles. The first kappa shape index (κ1) is 24.1. The van der Waals surface area contributed by atoms with Gasteiger partial charge < -0.3 is 20.1 Å². The van der Waals surface area contributed by atoms with Crippen LogP contribution in [0, 0.1) is 5.92 Å². The number of hydrogen-bond acceptors (Lipinski definition) is 3. The molecule has 0 radical (unpaired) electrons. The van der Waals surface area contributed by atoms with E-state index in [0.29, 0.717) is 12.5 Å². The van der Waals surface area contributed by atoms with E-state index >= 15 is 0 Å². The van der Waals surface area contributed by atoms with Gasteiger partial charge in [-0.3, -0.25) is 4.99 Å². The molecule has 1 unspecified atom stereocenters. The molecule has 0 heterocycles. The summed E-state index contributed by atoms with van der Waals surface area (Å²) in [5.74, 6) is 1.32. The molecule has 1 aromatic rings. The molecule has 0 aliphatic carbocycles. The van der Waals surface area contributed by atoms with Crippen molar-refractivity contribution in [1.82, 2.24) is 10.6 Å². The summed E-state index contributed by atoms with van der Waals surface area (Å²) >= 11 is 0. The quantitative estimate of drug-likeness (QED) is 0.317. The summed E-state index contributed by atoms with van der Waals surface area (Å²) in [7, 11) is 3.51. The van der Waals surface area contributed by atoms with Crippen LogP contribution in [0.2, 0.25) is 0 Å². The average Bonchev–Trinajstić information content (AvgIpc) is 2.58. The van der Waals surface area contributed by atoms with Crippen molar-refractivity contribution in [3.8, 4) is 0 Å². The first-order valence-corrected chi connectivity index (χ1v) is 8.74. The number of methoxy groups -OCH3 is 1. The van der Waals surface area contributed by atoms with Gasteiger partial charge in [-0.1, -0.05) is 38.1 Å². The van der Waals surface area contributed by atoms with Gasteiger partial charge in [-0.2, -0.15) is 0 Å². The van der Waals surface area contributed by atoms with E-state index in [1.807, 2.05) is 19.1 Å². The minimum Gasteiger partial charge on any atom is -0.380 e. The number of rotatable bonds is 10. The van der Waals surface area contributed by atoms with Crippen LogP contribution in [0.15, 0.2) is 29.3 Å². The molecule has 1 rings (SSSR count). The SMILES string of the molecule is CCOC(CCNC(=NC)NCc1ccccc1COC)C(C)C.I. The predicted octanol–water partition coefficient (Wildman–Crippen LogP) is 3.57. The number of ether oxygens (including phenoxy) is 2. The highest BCUT2D eigenvalue weighted by Gasteiger charge is 2.13. The van der Waals surface area contributed by atoms with E-state index in [1.54, 1.807) is 14.2 Å². The average molecular weight is 463 g/mol. The van der Waals surface area contributed by atoms with Crippen molar-refractivity contribution in [2.24, 2.45) is 10.9 Å². The lowest BCUT2D eigenvalue weighted by Crippen LogP contribution is -2.39. The third-order valence-electron chi connectivity index (χ3n) is 3.93. The minimum atomic E-state index is 0. The molecule has 5 nitrogen and oxygen atoms in total. The van der Waals surface area contributed by atoms with Crippen molar-refractivity contribution in [1.29, 1.82) is 0 Å². The second kappa shape index (κ2) is 14.3. The fraction of sp³-hybridized carbons (Fsp3) is 0.632. The Hall–Kier alpha value is -0.860. The molecular formula is C19H34IN3O2. The van der Waals surface area contributed by atoms with Crippen LogP contribution in [0.5, 0.6) is 0 Å². The van der Waals surface area contributed by atoms with Crippen molar-refractivity contribution in [3.05, 3.63) is 35.4 Å². The van der Waals surface area contributed by atoms with Crippen LogP contribution < -0.4 is 10.6 Å². The van der Waals surface area contributed by atoms with Gasteiger partial charge in [0.25, 0.3) is 0 Å². The van der Waals surface area contributed by atoms with Crippen molar-refractivity contribution < 1.29 is 9.47 Å². The maximum absolute atomic E-state index is 5.78. The van der Waals surface area contributed by atoms with Gasteiger partial charge in [0.15, 0.2) is 5.96 Å². The topological polar surface area (TPSA) is 54.9 Å². The van der Waals surface area contributed by atoms with Gasteiger partial charge in [0.1, 0.15) is 0 Å². The largest absolute Gasteiger partial charge is 0.380 e. The maximum Gasteiger partial charge on any atom is 0.191 e. The Morgan fingerprint density at radius 1 is 1.16 bits per heavy atom. The lowest BCUT2D eigenvalue weighted by Gasteiger charge is -2.21. The van der Waals surface area contributed by atoms with Gasteiger partial charge in [0.05, 0.1) is 12.7 Å². The van der Waals surface area contributed by atoms with Crippen LogP contribution in [-0.4, -0.2) is 39.4 Å². The second-order valence-electron chi connectivity index (χ2n) is 6.08. The van der Waals surface area contributed by atoms with Crippen molar-refractivity contribution in [2.75, 3.05) is 27.3 Å². The summed E-state index contributed by atoms with van der Waals surface area (Å²) < 4.78 is 11.0. The lowest BCUT2D eigenvalue weighted by molar-refractivity contribution is 0.0258. The van der Waals surface area contributed by atoms with Crippen molar-refractivity contribution in [2.45, 2.75) is 46.4 Å². The fourth-order valence-corrected chi connectivity index (χ4v) is 2.58. The minimum absolute atomic E-state index is 0. The van der Waals surface area contributed by atoms with E-state index < -0.39 is 0 Å². The number of hydrogen-bond donors (Lipinski definition) is 2. The van der Waals surface area contributed by atoms with E-state index in [0.717, 1.165) is 32.1 Å². The smallest absolute Gasteiger partial charge is 0.191 e. The molecule has 1 atom stereocenters. The molecule has 6 heteroatoms. The van der Waals surface area contributed by atoms with E-state index in [1.165, 1.54) is 11.1 Å². The van der Waals surface area contributed by atoms with Gasteiger partial charge in [-0.15, -0.1) is 24.0 Å². The van der Waals surface area contributed by atoms with Crippen molar-refractivity contribution in [3.63, 3.8) is 0 Å². The first-order chi connectivity index (χ1) is 11.6. The Bertz CT molecular complexity index is 495. The molecule has 144 valence electrons. The number of nitrogens with one attached hydrogen (secondary N) is 2. The number of halogens is 1. The highest BCUT2D eigenvalue weighted by atomic mass is 127. The highest BCUT2D eigenvalue weighted by molar-refractivity contribution is 14.0. The zero-order valence-corrected chi connectivity index (χ0v) is 18.5. The Morgan fingerprint density at radius 2 is 1.84 bits per heavy atom. The summed E-state index contributed by atoms with van der Waals surface area (Å²) in [4.78, 5) is 4.29. The molecule has 0 aliphatic rings. The zero-order chi connectivity index (χ0) is 17.8. The third kappa shape index (κ3) is 9.42. The van der Waals surface area contributed by atoms with Crippen LogP contribution in [-0.2, 0) is 22.6 Å². The first-order valence-electron chi connectivity index (χ1n) is 8.74. The second-order valence-corrected chi connectivity index (χ2v) is 6.08. The third-order valence-corrected chi connectivity index (χ3v) is 3.93. The molecule has 0 spiro atoms. The molecular weight excluding hydrogens is 429 g/mol. The number of nitrogens with zero attached hydrogens (tertiary/aromatic N) is 1. The molecule has 0 bridgehead atoms. The van der Waals surface area contributed by atoms with Gasteiger partial charge in [-0.25, -0.2) is 0 Å². The summed E-state index contributed by atoms with van der Waals surface area (Å²) in [5, 5.41) is 6.72. The molecule has 0 aromatic heterocycles. The summed E-state index contributed by atoms with van der Waals surface area (Å²) in [5.41, 5.74) is 2.41. The monoisotopic (exact) mass is 463 g/mol. The normalized spacial score (nSPS) is 12.6. The van der Waals surface area contributed by atoms with Gasteiger partial charge >= 0.3 is 0 Å². The van der Waals surface area contributed by atoms with E-state index in [2.05, 4.69) is 41.6 Å². The highest BCUT2D eigenvalue weighted by Crippen LogP contribution is 2.10. The molecule has 25 heavy (non-hydrogen) atoms. The summed E-state index contributed by atoms with van der Waals surface area (Å²) in [6.07, 6.45) is 1.25. The predicted molar refractivity (Wildman–Crippen MR) is 116 cm³/mol.